The summed E-state index contributed by atoms with van der Waals surface area (Å²) in [5.41, 5.74) is 0. The third kappa shape index (κ3) is 2.44. The Morgan fingerprint density at radius 3 is 2.77 bits per heavy atom. The standard InChI is InChI=1S/C11H22N2/c1-13-8-7-12-9-11(13)6-5-10-3-2-4-10/h10-12H,2-9H2,1H3. The average molecular weight is 182 g/mol. The first-order valence-electron chi connectivity index (χ1n) is 5.77. The van der Waals surface area contributed by atoms with Gasteiger partial charge in [0.2, 0.25) is 0 Å². The summed E-state index contributed by atoms with van der Waals surface area (Å²) in [6.07, 6.45) is 7.38. The largest absolute Gasteiger partial charge is 0.314 e. The zero-order valence-electron chi connectivity index (χ0n) is 8.76. The molecule has 0 spiro atoms. The summed E-state index contributed by atoms with van der Waals surface area (Å²) in [6, 6.07) is 0.814. The van der Waals surface area contributed by atoms with E-state index in [1.165, 1.54) is 51.7 Å². The summed E-state index contributed by atoms with van der Waals surface area (Å²) in [4.78, 5) is 2.52. The quantitative estimate of drug-likeness (QED) is 0.711. The summed E-state index contributed by atoms with van der Waals surface area (Å²) >= 11 is 0. The highest BCUT2D eigenvalue weighted by Crippen LogP contribution is 2.31. The van der Waals surface area contributed by atoms with E-state index in [4.69, 9.17) is 0 Å². The molecule has 1 heterocycles. The highest BCUT2D eigenvalue weighted by molar-refractivity contribution is 4.79. The first-order valence-corrected chi connectivity index (χ1v) is 5.77. The van der Waals surface area contributed by atoms with Crippen molar-refractivity contribution in [3.63, 3.8) is 0 Å². The van der Waals surface area contributed by atoms with Crippen molar-refractivity contribution >= 4 is 0 Å². The molecule has 13 heavy (non-hydrogen) atoms. The molecular weight excluding hydrogens is 160 g/mol. The van der Waals surface area contributed by atoms with Gasteiger partial charge in [-0.2, -0.15) is 0 Å². The third-order valence-corrected chi connectivity index (χ3v) is 3.78. The molecule has 0 aromatic heterocycles. The smallest absolute Gasteiger partial charge is 0.0218 e. The van der Waals surface area contributed by atoms with Crippen LogP contribution in [0.4, 0.5) is 0 Å². The number of nitrogens with zero attached hydrogens (tertiary/aromatic N) is 1. The van der Waals surface area contributed by atoms with Crippen LogP contribution in [0.5, 0.6) is 0 Å². The summed E-state index contributed by atoms with van der Waals surface area (Å²) in [6.45, 7) is 3.62. The van der Waals surface area contributed by atoms with Crippen molar-refractivity contribution in [1.82, 2.24) is 10.2 Å². The Balaban J connectivity index is 1.66. The van der Waals surface area contributed by atoms with Gasteiger partial charge in [0, 0.05) is 25.7 Å². The first-order chi connectivity index (χ1) is 6.36. The van der Waals surface area contributed by atoms with Crippen molar-refractivity contribution in [2.75, 3.05) is 26.7 Å². The Kier molecular flexibility index (Phi) is 3.23. The Bertz CT molecular complexity index is 154. The Hall–Kier alpha value is -0.0800. The molecule has 76 valence electrons. The molecule has 2 aliphatic rings. The Morgan fingerprint density at radius 1 is 1.31 bits per heavy atom. The molecular formula is C11H22N2. The average Bonchev–Trinajstić information content (AvgIpc) is 2.05. The zero-order valence-corrected chi connectivity index (χ0v) is 8.76. The van der Waals surface area contributed by atoms with Crippen LogP contribution >= 0.6 is 0 Å². The topological polar surface area (TPSA) is 15.3 Å². The summed E-state index contributed by atoms with van der Waals surface area (Å²) in [7, 11) is 2.27. The third-order valence-electron chi connectivity index (χ3n) is 3.78. The monoisotopic (exact) mass is 182 g/mol. The number of nitrogens with one attached hydrogen (secondary N) is 1. The van der Waals surface area contributed by atoms with Crippen LogP contribution < -0.4 is 5.32 Å². The predicted octanol–water partition coefficient (Wildman–Crippen LogP) is 1.47. The highest BCUT2D eigenvalue weighted by Gasteiger charge is 2.22. The number of hydrogen-bond acceptors (Lipinski definition) is 2. The van der Waals surface area contributed by atoms with Crippen molar-refractivity contribution in [2.45, 2.75) is 38.1 Å². The molecule has 0 bridgehead atoms. The lowest BCUT2D eigenvalue weighted by atomic mass is 9.81. The van der Waals surface area contributed by atoms with E-state index in [9.17, 15) is 0 Å². The van der Waals surface area contributed by atoms with Gasteiger partial charge in [-0.25, -0.2) is 0 Å². The second kappa shape index (κ2) is 4.43. The number of likely N-dealkylation sites (N-methyl/N-ethyl adjacent to an activating group) is 1. The Labute approximate surface area is 81.7 Å². The molecule has 0 amide bonds. The van der Waals surface area contributed by atoms with Gasteiger partial charge >= 0.3 is 0 Å². The summed E-state index contributed by atoms with van der Waals surface area (Å²) in [5.74, 6) is 1.08. The molecule has 1 atom stereocenters. The minimum absolute atomic E-state index is 0.814. The second-order valence-corrected chi connectivity index (χ2v) is 4.71. The molecule has 0 radical (unpaired) electrons. The molecule has 1 N–H and O–H groups in total. The number of hydrogen-bond donors (Lipinski definition) is 1. The summed E-state index contributed by atoms with van der Waals surface area (Å²) in [5, 5.41) is 3.48. The fourth-order valence-electron chi connectivity index (χ4n) is 2.39. The molecule has 1 aliphatic carbocycles. The molecule has 2 heteroatoms. The Morgan fingerprint density at radius 2 is 2.15 bits per heavy atom. The van der Waals surface area contributed by atoms with E-state index in [0.29, 0.717) is 0 Å². The van der Waals surface area contributed by atoms with E-state index < -0.39 is 0 Å². The van der Waals surface area contributed by atoms with Crippen LogP contribution in [-0.2, 0) is 0 Å². The summed E-state index contributed by atoms with van der Waals surface area (Å²) < 4.78 is 0. The maximum absolute atomic E-state index is 3.48. The van der Waals surface area contributed by atoms with Crippen molar-refractivity contribution in [3.8, 4) is 0 Å². The predicted molar refractivity (Wildman–Crippen MR) is 55.9 cm³/mol. The van der Waals surface area contributed by atoms with Crippen LogP contribution in [0.15, 0.2) is 0 Å². The van der Waals surface area contributed by atoms with Crippen molar-refractivity contribution in [1.29, 1.82) is 0 Å². The van der Waals surface area contributed by atoms with E-state index in [1.54, 1.807) is 0 Å². The van der Waals surface area contributed by atoms with Gasteiger partial charge in [-0.1, -0.05) is 19.3 Å². The van der Waals surface area contributed by atoms with Gasteiger partial charge in [-0.15, -0.1) is 0 Å². The van der Waals surface area contributed by atoms with Gasteiger partial charge in [-0.05, 0) is 25.8 Å². The van der Waals surface area contributed by atoms with Crippen LogP contribution in [0.1, 0.15) is 32.1 Å². The highest BCUT2D eigenvalue weighted by atomic mass is 15.2. The fourth-order valence-corrected chi connectivity index (χ4v) is 2.39. The van der Waals surface area contributed by atoms with Crippen molar-refractivity contribution in [2.24, 2.45) is 5.92 Å². The van der Waals surface area contributed by atoms with Gasteiger partial charge in [-0.3, -0.25) is 0 Å². The molecule has 1 saturated carbocycles. The SMILES string of the molecule is CN1CCNCC1CCC1CCC1. The van der Waals surface area contributed by atoms with Gasteiger partial charge in [0.15, 0.2) is 0 Å². The lowest BCUT2D eigenvalue weighted by molar-refractivity contribution is 0.169. The van der Waals surface area contributed by atoms with Crippen LogP contribution in [0.2, 0.25) is 0 Å². The maximum Gasteiger partial charge on any atom is 0.0218 e. The van der Waals surface area contributed by atoms with Gasteiger partial charge < -0.3 is 10.2 Å². The van der Waals surface area contributed by atoms with E-state index >= 15 is 0 Å². The fraction of sp³-hybridized carbons (Fsp3) is 1.00. The van der Waals surface area contributed by atoms with Crippen LogP contribution in [0.25, 0.3) is 0 Å². The molecule has 0 aromatic rings. The minimum atomic E-state index is 0.814. The van der Waals surface area contributed by atoms with E-state index in [2.05, 4.69) is 17.3 Å². The van der Waals surface area contributed by atoms with Crippen LogP contribution in [0.3, 0.4) is 0 Å². The molecule has 2 fully saturated rings. The zero-order chi connectivity index (χ0) is 9.10. The maximum atomic E-state index is 3.48. The molecule has 1 saturated heterocycles. The molecule has 2 nitrogen and oxygen atoms in total. The first kappa shape index (κ1) is 9.47. The lowest BCUT2D eigenvalue weighted by Crippen LogP contribution is -2.49. The molecule has 1 unspecified atom stereocenters. The molecule has 2 rings (SSSR count). The van der Waals surface area contributed by atoms with Crippen LogP contribution in [-0.4, -0.2) is 37.6 Å². The number of piperazine rings is 1. The van der Waals surface area contributed by atoms with Gasteiger partial charge in [0.25, 0.3) is 0 Å². The van der Waals surface area contributed by atoms with Crippen molar-refractivity contribution in [3.05, 3.63) is 0 Å². The second-order valence-electron chi connectivity index (χ2n) is 4.71. The van der Waals surface area contributed by atoms with E-state index in [-0.39, 0.29) is 0 Å². The number of rotatable bonds is 3. The molecule has 1 aliphatic heterocycles. The molecule has 0 aromatic carbocycles. The minimum Gasteiger partial charge on any atom is -0.314 e. The van der Waals surface area contributed by atoms with Crippen LogP contribution in [0, 0.1) is 5.92 Å². The lowest BCUT2D eigenvalue weighted by Gasteiger charge is -2.35. The van der Waals surface area contributed by atoms with E-state index in [1.807, 2.05) is 0 Å². The van der Waals surface area contributed by atoms with Crippen molar-refractivity contribution < 1.29 is 0 Å². The van der Waals surface area contributed by atoms with E-state index in [0.717, 1.165) is 12.0 Å². The van der Waals surface area contributed by atoms with Gasteiger partial charge in [0.05, 0.1) is 0 Å². The van der Waals surface area contributed by atoms with Gasteiger partial charge in [0.1, 0.15) is 0 Å². The normalized spacial score (nSPS) is 31.6.